The Labute approximate surface area is 89.5 Å². The van der Waals surface area contributed by atoms with Crippen LogP contribution in [0.25, 0.3) is 0 Å². The molecule has 0 aliphatic heterocycles. The number of nitrogens with one attached hydrogen (secondary N) is 1. The van der Waals surface area contributed by atoms with Gasteiger partial charge in [-0.25, -0.2) is 4.39 Å². The van der Waals surface area contributed by atoms with Crippen LogP contribution in [-0.4, -0.2) is 5.91 Å². The molecule has 0 radical (unpaired) electrons. The van der Waals surface area contributed by atoms with Crippen molar-refractivity contribution in [3.8, 4) is 0 Å². The zero-order valence-corrected chi connectivity index (χ0v) is 9.30. The lowest BCUT2D eigenvalue weighted by molar-refractivity contribution is -0.128. The third-order valence-electron chi connectivity index (χ3n) is 2.08. The molecule has 1 rings (SSSR count). The van der Waals surface area contributed by atoms with Crippen LogP contribution in [0.3, 0.4) is 0 Å². The van der Waals surface area contributed by atoms with Crippen LogP contribution in [0.5, 0.6) is 0 Å². The standard InChI is InChI=1S/C12H16FNO/c1-12(2,3)11(15)14-8-9-6-4-5-7-10(9)13/h4-7H,8H2,1-3H3,(H,14,15). The SMILES string of the molecule is CC(C)(C)C(=O)NCc1ccccc1F. The lowest BCUT2D eigenvalue weighted by Gasteiger charge is -2.17. The molecular formula is C12H16FNO. The Morgan fingerprint density at radius 3 is 2.47 bits per heavy atom. The largest absolute Gasteiger partial charge is 0.351 e. The van der Waals surface area contributed by atoms with E-state index in [9.17, 15) is 9.18 Å². The van der Waals surface area contributed by atoms with Crippen LogP contribution in [-0.2, 0) is 11.3 Å². The second-order valence-electron chi connectivity index (χ2n) is 4.52. The summed E-state index contributed by atoms with van der Waals surface area (Å²) in [4.78, 5) is 11.5. The van der Waals surface area contributed by atoms with Crippen molar-refractivity contribution in [3.63, 3.8) is 0 Å². The van der Waals surface area contributed by atoms with Crippen LogP contribution in [0.15, 0.2) is 24.3 Å². The molecule has 0 spiro atoms. The van der Waals surface area contributed by atoms with Crippen molar-refractivity contribution in [1.82, 2.24) is 5.32 Å². The molecule has 3 heteroatoms. The fourth-order valence-corrected chi connectivity index (χ4v) is 1.08. The number of benzene rings is 1. The van der Waals surface area contributed by atoms with Crippen molar-refractivity contribution in [1.29, 1.82) is 0 Å². The molecule has 0 saturated carbocycles. The Bertz CT molecular complexity index is 355. The first-order chi connectivity index (χ1) is 6.91. The molecule has 2 nitrogen and oxygen atoms in total. The molecule has 0 aromatic heterocycles. The highest BCUT2D eigenvalue weighted by atomic mass is 19.1. The summed E-state index contributed by atoms with van der Waals surface area (Å²) in [5, 5.41) is 2.70. The fourth-order valence-electron chi connectivity index (χ4n) is 1.08. The van der Waals surface area contributed by atoms with Gasteiger partial charge in [-0.2, -0.15) is 0 Å². The molecule has 1 aromatic carbocycles. The van der Waals surface area contributed by atoms with Gasteiger partial charge in [-0.15, -0.1) is 0 Å². The lowest BCUT2D eigenvalue weighted by Crippen LogP contribution is -2.34. The van der Waals surface area contributed by atoms with E-state index < -0.39 is 5.41 Å². The number of carbonyl (C=O) groups excluding carboxylic acids is 1. The van der Waals surface area contributed by atoms with E-state index in [1.807, 2.05) is 20.8 Å². The molecular weight excluding hydrogens is 193 g/mol. The van der Waals surface area contributed by atoms with Crippen LogP contribution < -0.4 is 5.32 Å². The topological polar surface area (TPSA) is 29.1 Å². The zero-order chi connectivity index (χ0) is 11.5. The van der Waals surface area contributed by atoms with Crippen molar-refractivity contribution in [2.75, 3.05) is 0 Å². The molecule has 0 aliphatic carbocycles. The predicted molar refractivity (Wildman–Crippen MR) is 57.7 cm³/mol. The fraction of sp³-hybridized carbons (Fsp3) is 0.417. The minimum atomic E-state index is -0.439. The number of carbonyl (C=O) groups is 1. The van der Waals surface area contributed by atoms with Crippen LogP contribution in [0.2, 0.25) is 0 Å². The van der Waals surface area contributed by atoms with Crippen LogP contribution in [0, 0.1) is 11.2 Å². The van der Waals surface area contributed by atoms with Gasteiger partial charge in [0.15, 0.2) is 0 Å². The predicted octanol–water partition coefficient (Wildman–Crippen LogP) is 2.49. The smallest absolute Gasteiger partial charge is 0.225 e. The maximum Gasteiger partial charge on any atom is 0.225 e. The number of rotatable bonds is 2. The average molecular weight is 209 g/mol. The Morgan fingerprint density at radius 1 is 1.33 bits per heavy atom. The molecule has 0 atom stereocenters. The third kappa shape index (κ3) is 3.35. The Kier molecular flexibility index (Phi) is 3.45. The monoisotopic (exact) mass is 209 g/mol. The summed E-state index contributed by atoms with van der Waals surface area (Å²) in [7, 11) is 0. The highest BCUT2D eigenvalue weighted by Crippen LogP contribution is 2.13. The van der Waals surface area contributed by atoms with E-state index in [0.717, 1.165) is 0 Å². The van der Waals surface area contributed by atoms with E-state index in [4.69, 9.17) is 0 Å². The summed E-state index contributed by atoms with van der Waals surface area (Å²) in [6.07, 6.45) is 0. The Hall–Kier alpha value is -1.38. The molecule has 15 heavy (non-hydrogen) atoms. The van der Waals surface area contributed by atoms with Gasteiger partial charge in [-0.05, 0) is 6.07 Å². The first kappa shape index (κ1) is 11.7. The van der Waals surface area contributed by atoms with Gasteiger partial charge in [-0.1, -0.05) is 39.0 Å². The zero-order valence-electron chi connectivity index (χ0n) is 9.30. The van der Waals surface area contributed by atoms with E-state index in [1.54, 1.807) is 18.2 Å². The maximum absolute atomic E-state index is 13.2. The van der Waals surface area contributed by atoms with Gasteiger partial charge < -0.3 is 5.32 Å². The highest BCUT2D eigenvalue weighted by molar-refractivity contribution is 5.81. The maximum atomic E-state index is 13.2. The minimum Gasteiger partial charge on any atom is -0.351 e. The van der Waals surface area contributed by atoms with E-state index in [-0.39, 0.29) is 18.3 Å². The van der Waals surface area contributed by atoms with E-state index in [0.29, 0.717) is 5.56 Å². The van der Waals surface area contributed by atoms with E-state index >= 15 is 0 Å². The first-order valence-corrected chi connectivity index (χ1v) is 4.93. The van der Waals surface area contributed by atoms with Crippen molar-refractivity contribution < 1.29 is 9.18 Å². The molecule has 1 amide bonds. The summed E-state index contributed by atoms with van der Waals surface area (Å²) in [6, 6.07) is 6.43. The summed E-state index contributed by atoms with van der Waals surface area (Å²) >= 11 is 0. The van der Waals surface area contributed by atoms with Gasteiger partial charge in [0.05, 0.1) is 0 Å². The van der Waals surface area contributed by atoms with E-state index in [1.165, 1.54) is 6.07 Å². The van der Waals surface area contributed by atoms with Crippen molar-refractivity contribution in [2.45, 2.75) is 27.3 Å². The number of hydrogen-bond acceptors (Lipinski definition) is 1. The van der Waals surface area contributed by atoms with Crippen molar-refractivity contribution >= 4 is 5.91 Å². The summed E-state index contributed by atoms with van der Waals surface area (Å²) < 4.78 is 13.2. The molecule has 0 heterocycles. The van der Waals surface area contributed by atoms with Gasteiger partial charge in [0.1, 0.15) is 5.82 Å². The van der Waals surface area contributed by atoms with Crippen LogP contribution in [0.1, 0.15) is 26.3 Å². The molecule has 0 fully saturated rings. The minimum absolute atomic E-state index is 0.0780. The van der Waals surface area contributed by atoms with Gasteiger partial charge in [0.2, 0.25) is 5.91 Å². The molecule has 0 unspecified atom stereocenters. The molecule has 82 valence electrons. The summed E-state index contributed by atoms with van der Waals surface area (Å²) in [6.45, 7) is 5.71. The van der Waals surface area contributed by atoms with Crippen LogP contribution in [0.4, 0.5) is 4.39 Å². The number of amides is 1. The van der Waals surface area contributed by atoms with E-state index in [2.05, 4.69) is 5.32 Å². The average Bonchev–Trinajstić information content (AvgIpc) is 2.14. The quantitative estimate of drug-likeness (QED) is 0.796. The number of halogens is 1. The molecule has 0 aliphatic rings. The van der Waals surface area contributed by atoms with Crippen molar-refractivity contribution in [2.24, 2.45) is 5.41 Å². The molecule has 0 bridgehead atoms. The number of hydrogen-bond donors (Lipinski definition) is 1. The summed E-state index contributed by atoms with van der Waals surface area (Å²) in [5.74, 6) is -0.363. The second kappa shape index (κ2) is 4.43. The van der Waals surface area contributed by atoms with Crippen LogP contribution >= 0.6 is 0 Å². The molecule has 1 aromatic rings. The van der Waals surface area contributed by atoms with Gasteiger partial charge >= 0.3 is 0 Å². The third-order valence-corrected chi connectivity index (χ3v) is 2.08. The van der Waals surface area contributed by atoms with Gasteiger partial charge in [0, 0.05) is 17.5 Å². The summed E-state index contributed by atoms with van der Waals surface area (Å²) in [5.41, 5.74) is 0.0701. The Morgan fingerprint density at radius 2 is 1.93 bits per heavy atom. The molecule has 1 N–H and O–H groups in total. The second-order valence-corrected chi connectivity index (χ2v) is 4.52. The van der Waals surface area contributed by atoms with Crippen molar-refractivity contribution in [3.05, 3.63) is 35.6 Å². The highest BCUT2D eigenvalue weighted by Gasteiger charge is 2.20. The normalized spacial score (nSPS) is 11.2. The Balaban J connectivity index is 2.59. The van der Waals surface area contributed by atoms with Gasteiger partial charge in [-0.3, -0.25) is 4.79 Å². The molecule has 0 saturated heterocycles. The first-order valence-electron chi connectivity index (χ1n) is 4.93. The lowest BCUT2D eigenvalue weighted by atomic mass is 9.95. The van der Waals surface area contributed by atoms with Gasteiger partial charge in [0.25, 0.3) is 0 Å².